The summed E-state index contributed by atoms with van der Waals surface area (Å²) in [5, 5.41) is 2.86. The van der Waals surface area contributed by atoms with Crippen LogP contribution in [-0.2, 0) is 9.59 Å². The molecule has 0 saturated carbocycles. The van der Waals surface area contributed by atoms with Gasteiger partial charge in [-0.15, -0.1) is 0 Å². The molecule has 1 aliphatic rings. The lowest BCUT2D eigenvalue weighted by molar-refractivity contribution is -0.137. The molecule has 5 heteroatoms. The number of hydrogen-bond donors (Lipinski definition) is 1. The number of benzene rings is 2. The molecule has 1 atom stereocenters. The molecule has 1 heterocycles. The van der Waals surface area contributed by atoms with Gasteiger partial charge in [-0.05, 0) is 31.7 Å². The van der Waals surface area contributed by atoms with Crippen LogP contribution in [0.3, 0.4) is 0 Å². The Hall–Kier alpha value is -2.95. The molecule has 0 spiro atoms. The molecule has 1 fully saturated rings. The van der Waals surface area contributed by atoms with Gasteiger partial charge in [0.25, 0.3) is 0 Å². The number of nitrogens with one attached hydrogen (secondary N) is 1. The molecule has 2 aromatic rings. The van der Waals surface area contributed by atoms with Crippen LogP contribution < -0.4 is 5.32 Å². The van der Waals surface area contributed by atoms with Crippen LogP contribution >= 0.6 is 0 Å². The molecule has 5 nitrogen and oxygen atoms in total. The number of aryl methyl sites for hydroxylation is 1. The van der Waals surface area contributed by atoms with E-state index in [1.807, 2.05) is 54.3 Å². The number of Topliss-reactive ketones (excluding diaryl/α,β-unsaturated/α-hetero) is 1. The van der Waals surface area contributed by atoms with Gasteiger partial charge in [-0.1, -0.05) is 60.2 Å². The zero-order valence-electron chi connectivity index (χ0n) is 16.9. The highest BCUT2D eigenvalue weighted by Gasteiger charge is 2.28. The number of nitrogens with zero attached hydrogens (tertiary/aromatic N) is 1. The van der Waals surface area contributed by atoms with Crippen LogP contribution in [0.25, 0.3) is 0 Å². The molecule has 2 amide bonds. The van der Waals surface area contributed by atoms with Crippen molar-refractivity contribution in [3.63, 3.8) is 0 Å². The summed E-state index contributed by atoms with van der Waals surface area (Å²) in [4.78, 5) is 39.8. The summed E-state index contributed by atoms with van der Waals surface area (Å²) in [6, 6.07) is 15.9. The average Bonchev–Trinajstić information content (AvgIpc) is 2.77. The number of carbonyl (C=O) groups is 3. The molecule has 0 unspecified atom stereocenters. The van der Waals surface area contributed by atoms with Crippen molar-refractivity contribution in [2.24, 2.45) is 0 Å². The number of amides is 2. The molecule has 0 aliphatic carbocycles. The van der Waals surface area contributed by atoms with Crippen molar-refractivity contribution in [2.45, 2.75) is 45.1 Å². The lowest BCUT2D eigenvalue weighted by Gasteiger charge is -2.31. The van der Waals surface area contributed by atoms with Crippen molar-refractivity contribution in [2.75, 3.05) is 13.1 Å². The van der Waals surface area contributed by atoms with Crippen molar-refractivity contribution < 1.29 is 14.4 Å². The Kier molecular flexibility index (Phi) is 7.17. The lowest BCUT2D eigenvalue weighted by atomic mass is 10.0. The van der Waals surface area contributed by atoms with E-state index in [9.17, 15) is 14.4 Å². The van der Waals surface area contributed by atoms with E-state index in [2.05, 4.69) is 5.32 Å². The number of hydrogen-bond acceptors (Lipinski definition) is 3. The van der Waals surface area contributed by atoms with Crippen molar-refractivity contribution in [1.82, 2.24) is 10.2 Å². The zero-order valence-corrected chi connectivity index (χ0v) is 16.9. The van der Waals surface area contributed by atoms with Gasteiger partial charge in [-0.3, -0.25) is 14.4 Å². The predicted octanol–water partition coefficient (Wildman–Crippen LogP) is 3.83. The fraction of sp³-hybridized carbons (Fsp3) is 0.375. The minimum absolute atomic E-state index is 0.0589. The van der Waals surface area contributed by atoms with Crippen LogP contribution in [0.4, 0.5) is 0 Å². The third-order valence-corrected chi connectivity index (χ3v) is 5.31. The molecule has 1 aliphatic heterocycles. The maximum absolute atomic E-state index is 13.1. The maximum atomic E-state index is 13.1. The molecular formula is C24H28N2O3. The van der Waals surface area contributed by atoms with E-state index in [1.165, 1.54) is 0 Å². The highest BCUT2D eigenvalue weighted by molar-refractivity contribution is 5.98. The second-order valence-electron chi connectivity index (χ2n) is 7.59. The largest absolute Gasteiger partial charge is 0.341 e. The first-order valence-corrected chi connectivity index (χ1v) is 10.3. The summed E-state index contributed by atoms with van der Waals surface area (Å²) in [6.07, 6.45) is 3.30. The number of ketones is 1. The first-order chi connectivity index (χ1) is 14.0. The predicted molar refractivity (Wildman–Crippen MR) is 113 cm³/mol. The van der Waals surface area contributed by atoms with Crippen LogP contribution in [0.2, 0.25) is 0 Å². The van der Waals surface area contributed by atoms with E-state index in [1.54, 1.807) is 12.1 Å². The van der Waals surface area contributed by atoms with Gasteiger partial charge >= 0.3 is 0 Å². The van der Waals surface area contributed by atoms with Crippen molar-refractivity contribution in [3.05, 3.63) is 71.3 Å². The average molecular weight is 392 g/mol. The summed E-state index contributed by atoms with van der Waals surface area (Å²) in [6.45, 7) is 3.42. The molecular weight excluding hydrogens is 364 g/mol. The minimum Gasteiger partial charge on any atom is -0.341 e. The summed E-state index contributed by atoms with van der Waals surface area (Å²) >= 11 is 0. The highest BCUT2D eigenvalue weighted by Crippen LogP contribution is 2.19. The standard InChI is InChI=1S/C24H28N2O3/c1-18-10-12-19(13-11-18)21(27)14-15-22(28)25-23(20-8-4-2-5-9-20)24(29)26-16-6-3-7-17-26/h2,4-5,8-13,23H,3,6-7,14-17H2,1H3,(H,25,28)/t23-/m0/s1. The van der Waals surface area contributed by atoms with E-state index >= 15 is 0 Å². The van der Waals surface area contributed by atoms with Gasteiger partial charge in [-0.25, -0.2) is 0 Å². The molecule has 0 radical (unpaired) electrons. The molecule has 152 valence electrons. The summed E-state index contributed by atoms with van der Waals surface area (Å²) in [5.41, 5.74) is 2.45. The second-order valence-corrected chi connectivity index (χ2v) is 7.59. The van der Waals surface area contributed by atoms with Crippen LogP contribution in [0, 0.1) is 6.92 Å². The molecule has 0 bridgehead atoms. The topological polar surface area (TPSA) is 66.5 Å². The van der Waals surface area contributed by atoms with E-state index in [0.29, 0.717) is 5.56 Å². The summed E-state index contributed by atoms with van der Waals surface area (Å²) < 4.78 is 0. The van der Waals surface area contributed by atoms with Crippen LogP contribution in [0.1, 0.15) is 59.6 Å². The summed E-state index contributed by atoms with van der Waals surface area (Å²) in [7, 11) is 0. The number of carbonyl (C=O) groups excluding carboxylic acids is 3. The van der Waals surface area contributed by atoms with E-state index in [0.717, 1.165) is 43.5 Å². The smallest absolute Gasteiger partial charge is 0.249 e. The van der Waals surface area contributed by atoms with Crippen molar-refractivity contribution in [3.8, 4) is 0 Å². The fourth-order valence-corrected chi connectivity index (χ4v) is 3.57. The molecule has 1 N–H and O–H groups in total. The molecule has 2 aromatic carbocycles. The molecule has 1 saturated heterocycles. The van der Waals surface area contributed by atoms with E-state index in [-0.39, 0.29) is 30.4 Å². The SMILES string of the molecule is Cc1ccc(C(=O)CCC(=O)N[C@H](C(=O)N2CCCCC2)c2ccccc2)cc1. The second kappa shape index (κ2) is 10.0. The third-order valence-electron chi connectivity index (χ3n) is 5.31. The van der Waals surface area contributed by atoms with Crippen LogP contribution in [0.15, 0.2) is 54.6 Å². The lowest BCUT2D eigenvalue weighted by Crippen LogP contribution is -2.45. The van der Waals surface area contributed by atoms with Gasteiger partial charge < -0.3 is 10.2 Å². The molecule has 3 rings (SSSR count). The monoisotopic (exact) mass is 392 g/mol. The first-order valence-electron chi connectivity index (χ1n) is 10.3. The van der Waals surface area contributed by atoms with Gasteiger partial charge in [0.2, 0.25) is 11.8 Å². The highest BCUT2D eigenvalue weighted by atomic mass is 16.2. The zero-order chi connectivity index (χ0) is 20.6. The minimum atomic E-state index is -0.712. The number of likely N-dealkylation sites (tertiary alicyclic amines) is 1. The van der Waals surface area contributed by atoms with Gasteiger partial charge in [-0.2, -0.15) is 0 Å². The van der Waals surface area contributed by atoms with Gasteiger partial charge in [0.15, 0.2) is 5.78 Å². The quantitative estimate of drug-likeness (QED) is 0.728. The Bertz CT molecular complexity index is 840. The van der Waals surface area contributed by atoms with Crippen LogP contribution in [0.5, 0.6) is 0 Å². The van der Waals surface area contributed by atoms with E-state index < -0.39 is 6.04 Å². The summed E-state index contributed by atoms with van der Waals surface area (Å²) in [5.74, 6) is -0.433. The van der Waals surface area contributed by atoms with Gasteiger partial charge in [0.1, 0.15) is 6.04 Å². The Morgan fingerprint density at radius 3 is 2.21 bits per heavy atom. The maximum Gasteiger partial charge on any atom is 0.249 e. The van der Waals surface area contributed by atoms with E-state index in [4.69, 9.17) is 0 Å². The number of rotatable bonds is 7. The molecule has 0 aromatic heterocycles. The molecule has 29 heavy (non-hydrogen) atoms. The Morgan fingerprint density at radius 2 is 1.55 bits per heavy atom. The first kappa shape index (κ1) is 20.8. The van der Waals surface area contributed by atoms with Crippen LogP contribution in [-0.4, -0.2) is 35.6 Å². The van der Waals surface area contributed by atoms with Gasteiger partial charge in [0.05, 0.1) is 0 Å². The normalized spacial score (nSPS) is 14.9. The Morgan fingerprint density at radius 1 is 0.897 bits per heavy atom. The number of piperidine rings is 1. The Balaban J connectivity index is 1.63. The van der Waals surface area contributed by atoms with Crippen molar-refractivity contribution >= 4 is 17.6 Å². The van der Waals surface area contributed by atoms with Gasteiger partial charge in [0, 0.05) is 31.5 Å². The fourth-order valence-electron chi connectivity index (χ4n) is 3.57. The van der Waals surface area contributed by atoms with Crippen molar-refractivity contribution in [1.29, 1.82) is 0 Å². The third kappa shape index (κ3) is 5.76. The Labute approximate surface area is 172 Å².